The van der Waals surface area contributed by atoms with Gasteiger partial charge in [-0.2, -0.15) is 4.89 Å². The van der Waals surface area contributed by atoms with E-state index in [-0.39, 0.29) is 5.56 Å². The third-order valence-corrected chi connectivity index (χ3v) is 4.19. The van der Waals surface area contributed by atoms with Crippen molar-refractivity contribution in [3.8, 4) is 28.7 Å². The fourth-order valence-electron chi connectivity index (χ4n) is 3.01. The lowest BCUT2D eigenvalue weighted by Crippen LogP contribution is -2.66. The highest BCUT2D eigenvalue weighted by molar-refractivity contribution is 6.08. The Morgan fingerprint density at radius 1 is 1.00 bits per heavy atom. The summed E-state index contributed by atoms with van der Waals surface area (Å²) in [7, 11) is 0. The van der Waals surface area contributed by atoms with Crippen molar-refractivity contribution < 1.29 is 49.9 Å². The summed E-state index contributed by atoms with van der Waals surface area (Å²) in [5.74, 6) is -9.80. The molecule has 150 valence electrons. The summed E-state index contributed by atoms with van der Waals surface area (Å²) in [5.41, 5.74) is -0.848. The molecule has 1 heterocycles. The maximum Gasteiger partial charge on any atom is 0.336 e. The quantitative estimate of drug-likeness (QED) is 0.194. The van der Waals surface area contributed by atoms with Crippen molar-refractivity contribution in [2.24, 2.45) is 0 Å². The third kappa shape index (κ3) is 2.70. The summed E-state index contributed by atoms with van der Waals surface area (Å²) in [6.45, 7) is 2.96. The number of ketones is 1. The van der Waals surface area contributed by atoms with Crippen LogP contribution in [0.2, 0.25) is 0 Å². The average Bonchev–Trinajstić information content (AvgIpc) is 2.59. The summed E-state index contributed by atoms with van der Waals surface area (Å²) < 4.78 is 10.9. The van der Waals surface area contributed by atoms with Crippen LogP contribution in [0, 0.1) is 0 Å². The van der Waals surface area contributed by atoms with Crippen LogP contribution in [0.1, 0.15) is 29.8 Å². The first-order valence-electron chi connectivity index (χ1n) is 8.10. The Bertz CT molecular complexity index is 940. The highest BCUT2D eigenvalue weighted by Crippen LogP contribution is 2.51. The van der Waals surface area contributed by atoms with Gasteiger partial charge in [-0.05, 0) is 32.0 Å². The molecule has 6 N–H and O–H groups in total. The van der Waals surface area contributed by atoms with Gasteiger partial charge < -0.3 is 35.0 Å². The molecule has 0 spiro atoms. The summed E-state index contributed by atoms with van der Waals surface area (Å²) in [6, 6.07) is 4.77. The van der Waals surface area contributed by atoms with Crippen LogP contribution in [-0.4, -0.2) is 48.5 Å². The van der Waals surface area contributed by atoms with E-state index in [2.05, 4.69) is 4.89 Å². The minimum Gasteiger partial charge on any atom is -0.508 e. The van der Waals surface area contributed by atoms with Gasteiger partial charge in [0.25, 0.3) is 0 Å². The largest absolute Gasteiger partial charge is 0.508 e. The number of hydrogen-bond donors (Lipinski definition) is 6. The number of phenolic OH excluding ortho intramolecular Hbond substituents is 4. The average molecular weight is 394 g/mol. The summed E-state index contributed by atoms with van der Waals surface area (Å²) in [5, 5.41) is 60.0. The van der Waals surface area contributed by atoms with Crippen molar-refractivity contribution in [1.29, 1.82) is 0 Å². The van der Waals surface area contributed by atoms with Crippen molar-refractivity contribution in [2.45, 2.75) is 31.5 Å². The second-order valence-corrected chi connectivity index (χ2v) is 6.49. The zero-order valence-electron chi connectivity index (χ0n) is 14.8. The number of carbonyl (C=O) groups is 1. The SMILES string of the molecule is CC(C)OC1(OO)C(=O)c2c(O)cc(O)cc2OC1(O)c1ccc(O)c(O)c1. The Hall–Kier alpha value is -3.05. The lowest BCUT2D eigenvalue weighted by molar-refractivity contribution is -0.462. The van der Waals surface area contributed by atoms with E-state index in [1.54, 1.807) is 0 Å². The van der Waals surface area contributed by atoms with Crippen molar-refractivity contribution in [1.82, 2.24) is 0 Å². The highest BCUT2D eigenvalue weighted by Gasteiger charge is 2.68. The van der Waals surface area contributed by atoms with Gasteiger partial charge in [-0.1, -0.05) is 0 Å². The molecule has 0 fully saturated rings. The molecule has 0 saturated heterocycles. The number of aromatic hydroxyl groups is 4. The molecule has 10 nitrogen and oxygen atoms in total. The van der Waals surface area contributed by atoms with Crippen LogP contribution in [0.25, 0.3) is 0 Å². The molecular formula is C18H18O10. The van der Waals surface area contributed by atoms with Gasteiger partial charge in [-0.15, -0.1) is 0 Å². The molecule has 0 aliphatic carbocycles. The number of carbonyl (C=O) groups excluding carboxylic acids is 1. The molecule has 0 saturated carbocycles. The number of fused-ring (bicyclic) bond motifs is 1. The van der Waals surface area contributed by atoms with Gasteiger partial charge in [0.05, 0.1) is 6.10 Å². The standard InChI is InChI=1S/C18H18O10/c1-8(2)26-18(28-25)16(23)15-13(22)6-10(19)7-14(15)27-17(18,24)9-3-4-11(20)12(21)5-9/h3-8,19-22,24-25H,1-2H3. The molecule has 2 atom stereocenters. The van der Waals surface area contributed by atoms with Gasteiger partial charge in [0.2, 0.25) is 5.78 Å². The van der Waals surface area contributed by atoms with Crippen LogP contribution in [0.4, 0.5) is 0 Å². The molecule has 1 aliphatic heterocycles. The molecule has 0 aromatic heterocycles. The molecular weight excluding hydrogens is 376 g/mol. The van der Waals surface area contributed by atoms with Gasteiger partial charge in [0.15, 0.2) is 11.5 Å². The van der Waals surface area contributed by atoms with E-state index >= 15 is 0 Å². The summed E-state index contributed by atoms with van der Waals surface area (Å²) >= 11 is 0. The lowest BCUT2D eigenvalue weighted by atomic mass is 9.86. The van der Waals surface area contributed by atoms with E-state index in [0.29, 0.717) is 0 Å². The first kappa shape index (κ1) is 19.7. The molecule has 2 aromatic carbocycles. The number of rotatable bonds is 4. The molecule has 0 amide bonds. The van der Waals surface area contributed by atoms with Crippen LogP contribution < -0.4 is 4.74 Å². The third-order valence-electron chi connectivity index (χ3n) is 4.19. The van der Waals surface area contributed by atoms with Gasteiger partial charge >= 0.3 is 11.6 Å². The predicted molar refractivity (Wildman–Crippen MR) is 91.1 cm³/mol. The number of benzene rings is 2. The first-order valence-corrected chi connectivity index (χ1v) is 8.10. The molecule has 2 aromatic rings. The number of hydrogen-bond acceptors (Lipinski definition) is 10. The topological polar surface area (TPSA) is 166 Å². The number of ether oxygens (including phenoxy) is 2. The summed E-state index contributed by atoms with van der Waals surface area (Å²) in [6.07, 6.45) is -0.794. The monoisotopic (exact) mass is 394 g/mol. The van der Waals surface area contributed by atoms with E-state index in [1.807, 2.05) is 0 Å². The Kier molecular flexibility index (Phi) is 4.60. The maximum absolute atomic E-state index is 13.2. The molecule has 28 heavy (non-hydrogen) atoms. The van der Waals surface area contributed by atoms with E-state index in [0.717, 1.165) is 30.3 Å². The fourth-order valence-corrected chi connectivity index (χ4v) is 3.01. The second-order valence-electron chi connectivity index (χ2n) is 6.49. The minimum absolute atomic E-state index is 0.334. The van der Waals surface area contributed by atoms with Gasteiger partial charge in [-0.3, -0.25) is 4.79 Å². The number of Topliss-reactive ketones (excluding diaryl/α,β-unsaturated/α-hetero) is 1. The highest BCUT2D eigenvalue weighted by atomic mass is 17.2. The van der Waals surface area contributed by atoms with E-state index < -0.39 is 57.8 Å². The molecule has 0 radical (unpaired) electrons. The minimum atomic E-state index is -2.91. The van der Waals surface area contributed by atoms with Crippen LogP contribution in [0.3, 0.4) is 0 Å². The lowest BCUT2D eigenvalue weighted by Gasteiger charge is -2.46. The Balaban J connectivity index is 2.33. The Labute approximate surface area is 158 Å². The zero-order chi connectivity index (χ0) is 20.9. The smallest absolute Gasteiger partial charge is 0.336 e. The van der Waals surface area contributed by atoms with Crippen molar-refractivity contribution in [2.75, 3.05) is 0 Å². The predicted octanol–water partition coefficient (Wildman–Crippen LogP) is 1.54. The van der Waals surface area contributed by atoms with E-state index in [1.165, 1.54) is 13.8 Å². The molecule has 10 heteroatoms. The van der Waals surface area contributed by atoms with Gasteiger partial charge in [0.1, 0.15) is 22.8 Å². The molecule has 0 bridgehead atoms. The molecule has 2 unspecified atom stereocenters. The van der Waals surface area contributed by atoms with Crippen LogP contribution in [-0.2, 0) is 15.4 Å². The Morgan fingerprint density at radius 2 is 1.68 bits per heavy atom. The van der Waals surface area contributed by atoms with Gasteiger partial charge in [-0.25, -0.2) is 5.26 Å². The van der Waals surface area contributed by atoms with Crippen LogP contribution >= 0.6 is 0 Å². The molecule has 3 rings (SSSR count). The van der Waals surface area contributed by atoms with E-state index in [4.69, 9.17) is 9.47 Å². The van der Waals surface area contributed by atoms with E-state index in [9.17, 15) is 35.6 Å². The summed E-state index contributed by atoms with van der Waals surface area (Å²) in [4.78, 5) is 17.5. The van der Waals surface area contributed by atoms with Crippen LogP contribution in [0.5, 0.6) is 28.7 Å². The van der Waals surface area contributed by atoms with Crippen molar-refractivity contribution in [3.63, 3.8) is 0 Å². The van der Waals surface area contributed by atoms with Gasteiger partial charge in [0, 0.05) is 17.7 Å². The van der Waals surface area contributed by atoms with Crippen LogP contribution in [0.15, 0.2) is 30.3 Å². The number of phenols is 4. The number of aliphatic hydroxyl groups is 1. The first-order chi connectivity index (χ1) is 13.1. The molecule has 1 aliphatic rings. The second kappa shape index (κ2) is 6.53. The normalized spacial score (nSPS) is 24.1. The zero-order valence-corrected chi connectivity index (χ0v) is 14.8. The Morgan fingerprint density at radius 3 is 2.25 bits per heavy atom. The van der Waals surface area contributed by atoms with Crippen molar-refractivity contribution in [3.05, 3.63) is 41.5 Å². The fraction of sp³-hybridized carbons (Fsp3) is 0.278. The van der Waals surface area contributed by atoms with Crippen molar-refractivity contribution >= 4 is 5.78 Å². The maximum atomic E-state index is 13.2.